The van der Waals surface area contributed by atoms with Gasteiger partial charge in [-0.2, -0.15) is 0 Å². The molecule has 20 heavy (non-hydrogen) atoms. The molecule has 2 rings (SSSR count). The van der Waals surface area contributed by atoms with Crippen molar-refractivity contribution in [2.45, 2.75) is 20.3 Å². The number of anilines is 1. The molecule has 0 aliphatic heterocycles. The third-order valence-electron chi connectivity index (χ3n) is 3.08. The first-order chi connectivity index (χ1) is 9.62. The monoisotopic (exact) mass is 294 g/mol. The van der Waals surface area contributed by atoms with Gasteiger partial charge in [-0.3, -0.25) is 0 Å². The number of ether oxygens (including phenoxy) is 2. The maximum absolute atomic E-state index is 6.45. The topological polar surface area (TPSA) is 43.4 Å². The van der Waals surface area contributed by atoms with E-state index < -0.39 is 0 Å². The van der Waals surface area contributed by atoms with E-state index in [0.29, 0.717) is 16.5 Å². The number of hydrogen-bond donors (Lipinski definition) is 1. The number of aryl methyl sites for hydroxylation is 1. The van der Waals surface area contributed by atoms with E-state index in [4.69, 9.17) is 21.1 Å². The Bertz CT molecular complexity index is 629. The highest BCUT2D eigenvalue weighted by atomic mass is 35.5. The lowest BCUT2D eigenvalue weighted by atomic mass is 10.1. The molecule has 0 amide bonds. The molecule has 0 aliphatic rings. The van der Waals surface area contributed by atoms with Gasteiger partial charge in [0.15, 0.2) is 0 Å². The molecular formula is C15H19ClN2O2. The van der Waals surface area contributed by atoms with Gasteiger partial charge in [0.1, 0.15) is 17.0 Å². The number of nitrogens with zero attached hydrogens (tertiary/aromatic N) is 1. The summed E-state index contributed by atoms with van der Waals surface area (Å²) in [6, 6.07) is 3.75. The van der Waals surface area contributed by atoms with Crippen LogP contribution in [-0.2, 0) is 0 Å². The van der Waals surface area contributed by atoms with Crippen molar-refractivity contribution in [2.24, 2.45) is 0 Å². The number of benzene rings is 1. The van der Waals surface area contributed by atoms with E-state index in [1.165, 1.54) is 0 Å². The van der Waals surface area contributed by atoms with Crippen molar-refractivity contribution in [3.63, 3.8) is 0 Å². The Morgan fingerprint density at radius 2 is 1.90 bits per heavy atom. The number of aromatic nitrogens is 1. The molecule has 1 heterocycles. The molecule has 0 saturated carbocycles. The zero-order valence-electron chi connectivity index (χ0n) is 12.2. The number of pyridine rings is 1. The summed E-state index contributed by atoms with van der Waals surface area (Å²) < 4.78 is 10.7. The van der Waals surface area contributed by atoms with Crippen molar-refractivity contribution in [2.75, 3.05) is 26.1 Å². The lowest BCUT2D eigenvalue weighted by molar-refractivity contribution is 0.397. The predicted octanol–water partition coefficient (Wildman–Crippen LogP) is 4.04. The Balaban J connectivity index is 2.78. The molecule has 0 aliphatic carbocycles. The molecule has 0 saturated heterocycles. The fourth-order valence-electron chi connectivity index (χ4n) is 2.15. The standard InChI is InChI=1S/C15H19ClN2O2/c1-5-6-17-10-7-9(2)18-15-12(20-4)8-11(19-3)14(16)13(10)15/h7-8H,5-6H2,1-4H3,(H,17,18). The minimum atomic E-state index is 0.550. The number of hydrogen-bond acceptors (Lipinski definition) is 4. The molecule has 4 nitrogen and oxygen atoms in total. The molecule has 5 heteroatoms. The number of fused-ring (bicyclic) bond motifs is 1. The first kappa shape index (κ1) is 14.7. The fourth-order valence-corrected chi connectivity index (χ4v) is 2.47. The summed E-state index contributed by atoms with van der Waals surface area (Å²) in [4.78, 5) is 4.55. The van der Waals surface area contributed by atoms with Crippen LogP contribution in [0.3, 0.4) is 0 Å². The summed E-state index contributed by atoms with van der Waals surface area (Å²) in [6.07, 6.45) is 1.03. The summed E-state index contributed by atoms with van der Waals surface area (Å²) in [5.41, 5.74) is 2.61. The van der Waals surface area contributed by atoms with E-state index in [9.17, 15) is 0 Å². The molecule has 0 fully saturated rings. The van der Waals surface area contributed by atoms with Crippen LogP contribution in [0.5, 0.6) is 11.5 Å². The number of methoxy groups -OCH3 is 2. The molecule has 1 aromatic carbocycles. The third-order valence-corrected chi connectivity index (χ3v) is 3.46. The van der Waals surface area contributed by atoms with Gasteiger partial charge in [-0.1, -0.05) is 18.5 Å². The van der Waals surface area contributed by atoms with Gasteiger partial charge in [0.25, 0.3) is 0 Å². The van der Waals surface area contributed by atoms with E-state index in [0.717, 1.165) is 35.2 Å². The van der Waals surface area contributed by atoms with Crippen molar-refractivity contribution in [3.8, 4) is 11.5 Å². The van der Waals surface area contributed by atoms with Crippen LogP contribution in [0.15, 0.2) is 12.1 Å². The highest BCUT2D eigenvalue weighted by molar-refractivity contribution is 6.38. The van der Waals surface area contributed by atoms with Crippen LogP contribution in [0.25, 0.3) is 10.9 Å². The number of nitrogens with one attached hydrogen (secondary N) is 1. The molecule has 1 aromatic heterocycles. The Labute approximate surface area is 124 Å². The van der Waals surface area contributed by atoms with Crippen LogP contribution in [0, 0.1) is 6.92 Å². The SMILES string of the molecule is CCCNc1cc(C)nc2c(OC)cc(OC)c(Cl)c12. The normalized spacial score (nSPS) is 10.7. The molecule has 0 spiro atoms. The summed E-state index contributed by atoms with van der Waals surface area (Å²) in [5, 5.41) is 4.77. The lowest BCUT2D eigenvalue weighted by Crippen LogP contribution is -2.03. The van der Waals surface area contributed by atoms with Crippen LogP contribution in [0.1, 0.15) is 19.0 Å². The molecule has 108 valence electrons. The van der Waals surface area contributed by atoms with Gasteiger partial charge < -0.3 is 14.8 Å². The molecular weight excluding hydrogens is 276 g/mol. The Kier molecular flexibility index (Phi) is 4.55. The second kappa shape index (κ2) is 6.18. The van der Waals surface area contributed by atoms with Gasteiger partial charge in [-0.05, 0) is 19.4 Å². The average molecular weight is 295 g/mol. The minimum absolute atomic E-state index is 0.550. The second-order valence-corrected chi connectivity index (χ2v) is 4.93. The molecule has 1 N–H and O–H groups in total. The molecule has 0 radical (unpaired) electrons. The fraction of sp³-hybridized carbons (Fsp3) is 0.400. The van der Waals surface area contributed by atoms with E-state index in [1.807, 2.05) is 13.0 Å². The first-order valence-electron chi connectivity index (χ1n) is 6.58. The minimum Gasteiger partial charge on any atom is -0.495 e. The van der Waals surface area contributed by atoms with Gasteiger partial charge in [-0.25, -0.2) is 4.98 Å². The smallest absolute Gasteiger partial charge is 0.148 e. The summed E-state index contributed by atoms with van der Waals surface area (Å²) >= 11 is 6.45. The van der Waals surface area contributed by atoms with Crippen LogP contribution >= 0.6 is 11.6 Å². The maximum Gasteiger partial charge on any atom is 0.148 e. The van der Waals surface area contributed by atoms with Crippen LogP contribution < -0.4 is 14.8 Å². The van der Waals surface area contributed by atoms with Crippen LogP contribution in [0.2, 0.25) is 5.02 Å². The summed E-state index contributed by atoms with van der Waals surface area (Å²) in [5.74, 6) is 1.24. The van der Waals surface area contributed by atoms with Crippen molar-refractivity contribution < 1.29 is 9.47 Å². The third kappa shape index (κ3) is 2.61. The largest absolute Gasteiger partial charge is 0.495 e. The predicted molar refractivity (Wildman–Crippen MR) is 83.4 cm³/mol. The van der Waals surface area contributed by atoms with E-state index in [-0.39, 0.29) is 0 Å². The zero-order chi connectivity index (χ0) is 14.7. The van der Waals surface area contributed by atoms with Crippen molar-refractivity contribution in [3.05, 3.63) is 22.8 Å². The lowest BCUT2D eigenvalue weighted by Gasteiger charge is -2.15. The Morgan fingerprint density at radius 3 is 2.50 bits per heavy atom. The highest BCUT2D eigenvalue weighted by Crippen LogP contribution is 2.41. The first-order valence-corrected chi connectivity index (χ1v) is 6.95. The van der Waals surface area contributed by atoms with Gasteiger partial charge in [-0.15, -0.1) is 0 Å². The van der Waals surface area contributed by atoms with E-state index in [1.54, 1.807) is 20.3 Å². The average Bonchev–Trinajstić information content (AvgIpc) is 2.45. The number of rotatable bonds is 5. The van der Waals surface area contributed by atoms with Gasteiger partial charge in [0.05, 0.1) is 19.2 Å². The molecule has 0 unspecified atom stereocenters. The van der Waals surface area contributed by atoms with E-state index in [2.05, 4.69) is 17.2 Å². The summed E-state index contributed by atoms with van der Waals surface area (Å²) in [7, 11) is 3.21. The number of halogens is 1. The maximum atomic E-state index is 6.45. The van der Waals surface area contributed by atoms with Crippen LogP contribution in [-0.4, -0.2) is 25.7 Å². The van der Waals surface area contributed by atoms with Gasteiger partial charge >= 0.3 is 0 Å². The molecule has 0 bridgehead atoms. The van der Waals surface area contributed by atoms with E-state index >= 15 is 0 Å². The molecule has 0 atom stereocenters. The zero-order valence-corrected chi connectivity index (χ0v) is 13.0. The van der Waals surface area contributed by atoms with Gasteiger partial charge in [0.2, 0.25) is 0 Å². The van der Waals surface area contributed by atoms with Crippen molar-refractivity contribution >= 4 is 28.2 Å². The Hall–Kier alpha value is -1.68. The highest BCUT2D eigenvalue weighted by Gasteiger charge is 2.17. The van der Waals surface area contributed by atoms with Crippen molar-refractivity contribution in [1.29, 1.82) is 0 Å². The Morgan fingerprint density at radius 1 is 1.20 bits per heavy atom. The van der Waals surface area contributed by atoms with Crippen LogP contribution in [0.4, 0.5) is 5.69 Å². The summed E-state index contributed by atoms with van der Waals surface area (Å²) in [6.45, 7) is 4.94. The van der Waals surface area contributed by atoms with Gasteiger partial charge in [0, 0.05) is 29.4 Å². The molecule has 2 aromatic rings. The van der Waals surface area contributed by atoms with Crippen molar-refractivity contribution in [1.82, 2.24) is 4.98 Å². The quantitative estimate of drug-likeness (QED) is 0.904. The second-order valence-electron chi connectivity index (χ2n) is 4.56.